The van der Waals surface area contributed by atoms with Gasteiger partial charge < -0.3 is 14.6 Å². The Bertz CT molecular complexity index is 648. The Hall–Kier alpha value is -2.34. The second kappa shape index (κ2) is 7.28. The van der Waals surface area contributed by atoms with Crippen molar-refractivity contribution in [2.45, 2.75) is 26.0 Å². The van der Waals surface area contributed by atoms with Crippen molar-refractivity contribution in [3.63, 3.8) is 0 Å². The Morgan fingerprint density at radius 1 is 1.39 bits per heavy atom. The topological polar surface area (TPSA) is 73.6 Å². The van der Waals surface area contributed by atoms with E-state index < -0.39 is 5.97 Å². The van der Waals surface area contributed by atoms with Crippen molar-refractivity contribution in [1.82, 2.24) is 9.78 Å². The first-order chi connectivity index (χ1) is 11.2. The third-order valence-corrected chi connectivity index (χ3v) is 3.93. The third-order valence-electron chi connectivity index (χ3n) is 3.93. The number of carbonyl (C=O) groups is 1. The summed E-state index contributed by atoms with van der Waals surface area (Å²) in [4.78, 5) is 11.6. The molecule has 3 rings (SSSR count). The smallest absolute Gasteiger partial charge is 0.358 e. The number of nitrogens with zero attached hydrogens (tertiary/aromatic N) is 2. The van der Waals surface area contributed by atoms with Crippen LogP contribution in [0.5, 0.6) is 5.75 Å². The van der Waals surface area contributed by atoms with Crippen molar-refractivity contribution in [3.8, 4) is 5.75 Å². The van der Waals surface area contributed by atoms with E-state index in [2.05, 4.69) is 5.10 Å². The lowest BCUT2D eigenvalue weighted by atomic mass is 10.0. The number of carboxylic acid groups (broad SMARTS) is 1. The Morgan fingerprint density at radius 3 is 2.91 bits per heavy atom. The van der Waals surface area contributed by atoms with Crippen LogP contribution in [-0.2, 0) is 17.9 Å². The predicted molar refractivity (Wildman–Crippen MR) is 83.5 cm³/mol. The highest BCUT2D eigenvalue weighted by Crippen LogP contribution is 2.23. The van der Waals surface area contributed by atoms with E-state index in [0.717, 1.165) is 25.0 Å². The van der Waals surface area contributed by atoms with Crippen LogP contribution < -0.4 is 4.74 Å². The first-order valence-corrected chi connectivity index (χ1v) is 7.77. The van der Waals surface area contributed by atoms with Gasteiger partial charge >= 0.3 is 5.97 Å². The SMILES string of the molecule is O=C(O)c1c(OCc2ccccc2)cnn1CC1CCCOC1. The Morgan fingerprint density at radius 2 is 2.22 bits per heavy atom. The molecule has 6 nitrogen and oxygen atoms in total. The van der Waals surface area contributed by atoms with Crippen molar-refractivity contribution in [2.75, 3.05) is 13.2 Å². The van der Waals surface area contributed by atoms with Gasteiger partial charge in [-0.25, -0.2) is 4.79 Å². The maximum absolute atomic E-state index is 11.6. The fraction of sp³-hybridized carbons (Fsp3) is 0.412. The minimum absolute atomic E-state index is 0.103. The molecule has 2 heterocycles. The fourth-order valence-electron chi connectivity index (χ4n) is 2.76. The molecule has 122 valence electrons. The summed E-state index contributed by atoms with van der Waals surface area (Å²) in [6.45, 7) is 2.29. The molecule has 0 radical (unpaired) electrons. The van der Waals surface area contributed by atoms with E-state index in [-0.39, 0.29) is 5.69 Å². The number of hydrogen-bond acceptors (Lipinski definition) is 4. The van der Waals surface area contributed by atoms with Crippen molar-refractivity contribution in [2.24, 2.45) is 5.92 Å². The van der Waals surface area contributed by atoms with E-state index in [1.54, 1.807) is 0 Å². The molecule has 6 heteroatoms. The van der Waals surface area contributed by atoms with Gasteiger partial charge in [-0.1, -0.05) is 30.3 Å². The van der Waals surface area contributed by atoms with Gasteiger partial charge in [0.05, 0.1) is 12.8 Å². The fourth-order valence-corrected chi connectivity index (χ4v) is 2.76. The first kappa shape index (κ1) is 15.6. The average molecular weight is 316 g/mol. The molecule has 0 spiro atoms. The second-order valence-electron chi connectivity index (χ2n) is 5.70. The Labute approximate surface area is 134 Å². The molecule has 2 aromatic rings. The molecule has 1 unspecified atom stereocenters. The van der Waals surface area contributed by atoms with Crippen LogP contribution in [-0.4, -0.2) is 34.1 Å². The van der Waals surface area contributed by atoms with Crippen LogP contribution in [0.25, 0.3) is 0 Å². The van der Waals surface area contributed by atoms with Crippen molar-refractivity contribution in [3.05, 3.63) is 47.8 Å². The van der Waals surface area contributed by atoms with Gasteiger partial charge in [0.2, 0.25) is 0 Å². The van der Waals surface area contributed by atoms with Gasteiger partial charge in [-0.15, -0.1) is 0 Å². The van der Waals surface area contributed by atoms with Crippen LogP contribution in [0.1, 0.15) is 28.9 Å². The molecule has 1 atom stereocenters. The van der Waals surface area contributed by atoms with Crippen LogP contribution in [0.15, 0.2) is 36.5 Å². The maximum Gasteiger partial charge on any atom is 0.358 e. The van der Waals surface area contributed by atoms with E-state index in [4.69, 9.17) is 9.47 Å². The lowest BCUT2D eigenvalue weighted by Gasteiger charge is -2.22. The van der Waals surface area contributed by atoms with Gasteiger partial charge in [0.1, 0.15) is 6.61 Å². The van der Waals surface area contributed by atoms with E-state index in [0.29, 0.717) is 31.4 Å². The minimum Gasteiger partial charge on any atom is -0.485 e. The van der Waals surface area contributed by atoms with Gasteiger partial charge in [-0.05, 0) is 18.4 Å². The molecule has 0 saturated carbocycles. The second-order valence-corrected chi connectivity index (χ2v) is 5.70. The normalized spacial score (nSPS) is 17.8. The number of hydrogen-bond donors (Lipinski definition) is 1. The summed E-state index contributed by atoms with van der Waals surface area (Å²) < 4.78 is 12.6. The summed E-state index contributed by atoms with van der Waals surface area (Å²) in [5.74, 6) is -0.427. The zero-order valence-corrected chi connectivity index (χ0v) is 12.9. The molecule has 1 N–H and O–H groups in total. The number of benzene rings is 1. The molecule has 0 amide bonds. The van der Waals surface area contributed by atoms with Crippen molar-refractivity contribution in [1.29, 1.82) is 0 Å². The zero-order valence-electron chi connectivity index (χ0n) is 12.9. The molecule has 1 fully saturated rings. The average Bonchev–Trinajstić information content (AvgIpc) is 2.98. The van der Waals surface area contributed by atoms with Crippen molar-refractivity contribution >= 4 is 5.97 Å². The van der Waals surface area contributed by atoms with Gasteiger partial charge in [-0.2, -0.15) is 5.10 Å². The number of ether oxygens (including phenoxy) is 2. The lowest BCUT2D eigenvalue weighted by Crippen LogP contribution is -2.24. The summed E-state index contributed by atoms with van der Waals surface area (Å²) in [6, 6.07) is 9.64. The van der Waals surface area contributed by atoms with Crippen LogP contribution in [0.4, 0.5) is 0 Å². The van der Waals surface area contributed by atoms with Crippen LogP contribution in [0.3, 0.4) is 0 Å². The molecule has 1 aromatic heterocycles. The predicted octanol–water partition coefficient (Wildman–Crippen LogP) is 2.59. The van der Waals surface area contributed by atoms with Crippen LogP contribution >= 0.6 is 0 Å². The molecular weight excluding hydrogens is 296 g/mol. The highest BCUT2D eigenvalue weighted by Gasteiger charge is 2.23. The van der Waals surface area contributed by atoms with Gasteiger partial charge in [0.25, 0.3) is 0 Å². The molecule has 23 heavy (non-hydrogen) atoms. The minimum atomic E-state index is -1.03. The number of aromatic carboxylic acids is 1. The summed E-state index contributed by atoms with van der Waals surface area (Å²) in [6.07, 6.45) is 3.51. The van der Waals surface area contributed by atoms with E-state index >= 15 is 0 Å². The van der Waals surface area contributed by atoms with Gasteiger partial charge in [0.15, 0.2) is 11.4 Å². The molecule has 1 aliphatic rings. The maximum atomic E-state index is 11.6. The third kappa shape index (κ3) is 3.90. The number of rotatable bonds is 6. The van der Waals surface area contributed by atoms with E-state index in [9.17, 15) is 9.90 Å². The zero-order chi connectivity index (χ0) is 16.1. The highest BCUT2D eigenvalue weighted by atomic mass is 16.5. The van der Waals surface area contributed by atoms with E-state index in [1.165, 1.54) is 10.9 Å². The Kier molecular flexibility index (Phi) is 4.92. The molecule has 0 aliphatic carbocycles. The Balaban J connectivity index is 1.71. The summed E-state index contributed by atoms with van der Waals surface area (Å²) in [5.41, 5.74) is 1.09. The summed E-state index contributed by atoms with van der Waals surface area (Å²) >= 11 is 0. The molecule has 1 aromatic carbocycles. The first-order valence-electron chi connectivity index (χ1n) is 7.77. The van der Waals surface area contributed by atoms with Crippen molar-refractivity contribution < 1.29 is 19.4 Å². The number of carboxylic acids is 1. The lowest BCUT2D eigenvalue weighted by molar-refractivity contribution is 0.0454. The molecular formula is C17H20N2O4. The number of aromatic nitrogens is 2. The highest BCUT2D eigenvalue weighted by molar-refractivity contribution is 5.88. The van der Waals surface area contributed by atoms with Gasteiger partial charge in [-0.3, -0.25) is 4.68 Å². The van der Waals surface area contributed by atoms with Crippen LogP contribution in [0.2, 0.25) is 0 Å². The quantitative estimate of drug-likeness (QED) is 0.886. The van der Waals surface area contributed by atoms with Crippen LogP contribution in [0, 0.1) is 5.92 Å². The summed E-state index contributed by atoms with van der Waals surface area (Å²) in [5, 5.41) is 13.7. The molecule has 1 saturated heterocycles. The largest absolute Gasteiger partial charge is 0.485 e. The molecule has 0 bridgehead atoms. The van der Waals surface area contributed by atoms with E-state index in [1.807, 2.05) is 30.3 Å². The summed E-state index contributed by atoms with van der Waals surface area (Å²) in [7, 11) is 0. The molecule has 1 aliphatic heterocycles. The standard InChI is InChI=1S/C17H20N2O4/c20-17(21)16-15(23-12-13-5-2-1-3-6-13)9-18-19(16)10-14-7-4-8-22-11-14/h1-3,5-6,9,14H,4,7-8,10-12H2,(H,20,21). The monoisotopic (exact) mass is 316 g/mol. The van der Waals surface area contributed by atoms with Gasteiger partial charge in [0, 0.05) is 19.1 Å².